The van der Waals surface area contributed by atoms with E-state index in [1.54, 1.807) is 7.11 Å². The van der Waals surface area contributed by atoms with E-state index in [2.05, 4.69) is 68.2 Å². The number of amides is 1. The molecule has 1 unspecified atom stereocenters. The lowest BCUT2D eigenvalue weighted by Crippen LogP contribution is -2.43. The van der Waals surface area contributed by atoms with E-state index in [0.717, 1.165) is 77.3 Å². The van der Waals surface area contributed by atoms with Crippen LogP contribution >= 0.6 is 0 Å². The minimum Gasteiger partial charge on any atom is -0.497 e. The average molecular weight is 466 g/mol. The second kappa shape index (κ2) is 7.58. The van der Waals surface area contributed by atoms with E-state index in [1.165, 1.54) is 5.69 Å². The summed E-state index contributed by atoms with van der Waals surface area (Å²) < 4.78 is 5.42. The molecule has 0 bridgehead atoms. The van der Waals surface area contributed by atoms with Gasteiger partial charge in [-0.25, -0.2) is 0 Å². The average Bonchev–Trinajstić information content (AvgIpc) is 3.44. The first-order valence-corrected chi connectivity index (χ1v) is 12.2. The molecule has 3 aliphatic rings. The molecule has 7 rings (SSSR count). The topological polar surface area (TPSA) is 82.3 Å². The number of nitrogens with zero attached hydrogens (tertiary/aromatic N) is 2. The quantitative estimate of drug-likeness (QED) is 0.424. The molecule has 1 aliphatic carbocycles. The normalized spacial score (nSPS) is 22.9. The van der Waals surface area contributed by atoms with Crippen molar-refractivity contribution in [3.63, 3.8) is 0 Å². The summed E-state index contributed by atoms with van der Waals surface area (Å²) in [6, 6.07) is 21.0. The number of ether oxygens (including phenoxy) is 1. The summed E-state index contributed by atoms with van der Waals surface area (Å²) in [5, 5.41) is 15.4. The van der Waals surface area contributed by atoms with Crippen molar-refractivity contribution in [3.05, 3.63) is 71.8 Å². The van der Waals surface area contributed by atoms with Gasteiger partial charge < -0.3 is 20.3 Å². The van der Waals surface area contributed by atoms with Gasteiger partial charge in [-0.15, -0.1) is 0 Å². The van der Waals surface area contributed by atoms with Gasteiger partial charge in [-0.2, -0.15) is 5.10 Å². The third-order valence-electron chi connectivity index (χ3n) is 7.93. The number of aromatic nitrogens is 2. The number of nitrogens with one attached hydrogen (secondary N) is 3. The Morgan fingerprint density at radius 3 is 2.66 bits per heavy atom. The summed E-state index contributed by atoms with van der Waals surface area (Å²) >= 11 is 0. The molecule has 1 spiro atoms. The first-order valence-electron chi connectivity index (χ1n) is 12.2. The van der Waals surface area contributed by atoms with E-state index in [-0.39, 0.29) is 11.8 Å². The van der Waals surface area contributed by atoms with Crippen molar-refractivity contribution in [2.24, 2.45) is 0 Å². The molecule has 35 heavy (non-hydrogen) atoms. The summed E-state index contributed by atoms with van der Waals surface area (Å²) in [6.45, 7) is 4.12. The standard InChI is InChI=1S/C28H27N5O2/c1-35-20-7-9-24-22(15-20)28(27(34)30-24)16-23(28)18-4-8-21-25(14-18)31-32-26(21)17-2-5-19(6-3-17)33-12-10-29-11-13-33/h2-9,14-15,23,29H,10-13,16H2,1H3,(H,30,34)(H,31,32)/t23?,28-/m0/s1. The van der Waals surface area contributed by atoms with Gasteiger partial charge in [0, 0.05) is 54.4 Å². The highest BCUT2D eigenvalue weighted by atomic mass is 16.5. The first-order chi connectivity index (χ1) is 17.2. The predicted octanol–water partition coefficient (Wildman–Crippen LogP) is 4.03. The third kappa shape index (κ3) is 3.08. The van der Waals surface area contributed by atoms with Crippen LogP contribution in [0.25, 0.3) is 22.2 Å². The fourth-order valence-electron chi connectivity index (χ4n) is 5.93. The molecule has 2 atom stereocenters. The fourth-order valence-corrected chi connectivity index (χ4v) is 5.93. The number of piperazine rings is 1. The minimum absolute atomic E-state index is 0.0840. The molecule has 1 aromatic heterocycles. The zero-order chi connectivity index (χ0) is 23.6. The van der Waals surface area contributed by atoms with Crippen LogP contribution in [0, 0.1) is 0 Å². The molecule has 7 nitrogen and oxygen atoms in total. The van der Waals surface area contributed by atoms with E-state index >= 15 is 0 Å². The second-order valence-corrected chi connectivity index (χ2v) is 9.75. The molecule has 1 saturated heterocycles. The Morgan fingerprint density at radius 2 is 1.86 bits per heavy atom. The summed E-state index contributed by atoms with van der Waals surface area (Å²) in [5.41, 5.74) is 6.90. The van der Waals surface area contributed by atoms with Gasteiger partial charge in [-0.05, 0) is 53.9 Å². The summed E-state index contributed by atoms with van der Waals surface area (Å²) in [7, 11) is 1.66. The number of methoxy groups -OCH3 is 1. The van der Waals surface area contributed by atoms with Crippen molar-refractivity contribution in [1.29, 1.82) is 0 Å². The van der Waals surface area contributed by atoms with Crippen LogP contribution in [-0.4, -0.2) is 49.4 Å². The molecule has 2 fully saturated rings. The van der Waals surface area contributed by atoms with Crippen LogP contribution < -0.4 is 20.3 Å². The predicted molar refractivity (Wildman–Crippen MR) is 137 cm³/mol. The number of hydrogen-bond acceptors (Lipinski definition) is 5. The smallest absolute Gasteiger partial charge is 0.235 e. The maximum atomic E-state index is 13.0. The summed E-state index contributed by atoms with van der Waals surface area (Å²) in [5.74, 6) is 1.01. The molecule has 7 heteroatoms. The molecular formula is C28H27N5O2. The van der Waals surface area contributed by atoms with E-state index < -0.39 is 5.41 Å². The maximum Gasteiger partial charge on any atom is 0.235 e. The van der Waals surface area contributed by atoms with Crippen LogP contribution in [-0.2, 0) is 10.2 Å². The summed E-state index contributed by atoms with van der Waals surface area (Å²) in [4.78, 5) is 15.4. The molecule has 0 radical (unpaired) electrons. The minimum atomic E-state index is -0.500. The third-order valence-corrected chi connectivity index (χ3v) is 7.93. The van der Waals surface area contributed by atoms with E-state index in [4.69, 9.17) is 4.74 Å². The van der Waals surface area contributed by atoms with Crippen molar-refractivity contribution in [3.8, 4) is 17.0 Å². The summed E-state index contributed by atoms with van der Waals surface area (Å²) in [6.07, 6.45) is 0.805. The van der Waals surface area contributed by atoms with Crippen LogP contribution in [0.3, 0.4) is 0 Å². The lowest BCUT2D eigenvalue weighted by molar-refractivity contribution is -0.118. The lowest BCUT2D eigenvalue weighted by Gasteiger charge is -2.29. The van der Waals surface area contributed by atoms with Gasteiger partial charge in [0.15, 0.2) is 0 Å². The van der Waals surface area contributed by atoms with Gasteiger partial charge in [0.05, 0.1) is 23.7 Å². The Kier molecular flexibility index (Phi) is 4.45. The molecule has 1 saturated carbocycles. The molecule has 3 heterocycles. The highest BCUT2D eigenvalue weighted by Gasteiger charge is 2.65. The fraction of sp³-hybridized carbons (Fsp3) is 0.286. The largest absolute Gasteiger partial charge is 0.497 e. The SMILES string of the molecule is COc1ccc2c(c1)[C@]1(CC1c1ccc3c(-c4ccc(N5CCNCC5)cc4)n[nH]c3c1)C(=O)N2. The van der Waals surface area contributed by atoms with Gasteiger partial charge in [0.25, 0.3) is 0 Å². The van der Waals surface area contributed by atoms with Crippen LogP contribution in [0.1, 0.15) is 23.5 Å². The Labute approximate surface area is 203 Å². The van der Waals surface area contributed by atoms with Crippen LogP contribution in [0.5, 0.6) is 5.75 Å². The zero-order valence-corrected chi connectivity index (χ0v) is 19.6. The van der Waals surface area contributed by atoms with Crippen LogP contribution in [0.15, 0.2) is 60.7 Å². The van der Waals surface area contributed by atoms with E-state index in [1.807, 2.05) is 18.2 Å². The number of benzene rings is 3. The molecule has 4 aromatic rings. The number of H-pyrrole nitrogens is 1. The molecule has 176 valence electrons. The maximum absolute atomic E-state index is 13.0. The van der Waals surface area contributed by atoms with Gasteiger partial charge >= 0.3 is 0 Å². The van der Waals surface area contributed by atoms with Crippen molar-refractivity contribution < 1.29 is 9.53 Å². The number of carbonyl (C=O) groups excluding carboxylic acids is 1. The van der Waals surface area contributed by atoms with Crippen molar-refractivity contribution in [1.82, 2.24) is 15.5 Å². The Morgan fingerprint density at radius 1 is 1.03 bits per heavy atom. The molecule has 1 amide bonds. The van der Waals surface area contributed by atoms with Gasteiger partial charge in [0.1, 0.15) is 5.75 Å². The highest BCUT2D eigenvalue weighted by Crippen LogP contribution is 2.65. The number of aromatic amines is 1. The number of rotatable bonds is 4. The second-order valence-electron chi connectivity index (χ2n) is 9.75. The van der Waals surface area contributed by atoms with E-state index in [9.17, 15) is 4.79 Å². The number of hydrogen-bond donors (Lipinski definition) is 3. The first kappa shape index (κ1) is 20.5. The van der Waals surface area contributed by atoms with Gasteiger partial charge in [-0.3, -0.25) is 9.89 Å². The Balaban J connectivity index is 1.18. The molecule has 3 N–H and O–H groups in total. The van der Waals surface area contributed by atoms with Crippen molar-refractivity contribution >= 4 is 28.2 Å². The molecule has 3 aromatic carbocycles. The van der Waals surface area contributed by atoms with E-state index in [0.29, 0.717) is 0 Å². The van der Waals surface area contributed by atoms with Crippen LogP contribution in [0.4, 0.5) is 11.4 Å². The molecular weight excluding hydrogens is 438 g/mol. The van der Waals surface area contributed by atoms with Crippen molar-refractivity contribution in [2.75, 3.05) is 43.5 Å². The number of carbonyl (C=O) groups is 1. The van der Waals surface area contributed by atoms with Crippen molar-refractivity contribution in [2.45, 2.75) is 17.8 Å². The zero-order valence-electron chi connectivity index (χ0n) is 19.6. The monoisotopic (exact) mass is 465 g/mol. The number of anilines is 2. The molecule has 2 aliphatic heterocycles. The Bertz CT molecular complexity index is 1450. The highest BCUT2D eigenvalue weighted by molar-refractivity contribution is 6.10. The van der Waals surface area contributed by atoms with Gasteiger partial charge in [-0.1, -0.05) is 24.3 Å². The lowest BCUT2D eigenvalue weighted by atomic mass is 9.91. The number of fused-ring (bicyclic) bond motifs is 3. The van der Waals surface area contributed by atoms with Crippen LogP contribution in [0.2, 0.25) is 0 Å². The Hall–Kier alpha value is -3.84. The van der Waals surface area contributed by atoms with Gasteiger partial charge in [0.2, 0.25) is 5.91 Å².